The third-order valence-electron chi connectivity index (χ3n) is 22.1. The van der Waals surface area contributed by atoms with Crippen LogP contribution in [-0.2, 0) is 10.8 Å². The molecule has 0 amide bonds. The third kappa shape index (κ3) is 9.40. The molecule has 1 atom stereocenters. The number of hydrogen-bond acceptors (Lipinski definition) is 8. The molecule has 4 heterocycles. The van der Waals surface area contributed by atoms with Crippen LogP contribution in [0.3, 0.4) is 0 Å². The molecule has 0 saturated carbocycles. The van der Waals surface area contributed by atoms with Crippen LogP contribution < -0.4 is 9.47 Å². The van der Waals surface area contributed by atoms with Gasteiger partial charge in [0, 0.05) is 55.6 Å². The summed E-state index contributed by atoms with van der Waals surface area (Å²) in [5, 5.41) is 0. The smallest absolute Gasteiger partial charge is 0.164 e. The Kier molecular flexibility index (Phi) is 14.0. The summed E-state index contributed by atoms with van der Waals surface area (Å²) in [5.74, 6) is 6.85. The van der Waals surface area contributed by atoms with Crippen molar-refractivity contribution in [3.63, 3.8) is 0 Å². The number of para-hydroxylation sites is 2. The molecular formula is C98H62N6O2. The Hall–Kier alpha value is -13.8. The van der Waals surface area contributed by atoms with Crippen molar-refractivity contribution in [2.45, 2.75) is 23.7 Å². The number of aromatic nitrogens is 6. The van der Waals surface area contributed by atoms with Crippen molar-refractivity contribution in [2.24, 2.45) is 0 Å². The minimum absolute atomic E-state index is 0.570. The van der Waals surface area contributed by atoms with Gasteiger partial charge in [-0.2, -0.15) is 0 Å². The van der Waals surface area contributed by atoms with E-state index in [1.807, 2.05) is 42.5 Å². The number of fused-ring (bicyclic) bond motifs is 18. The molecule has 3 aliphatic carbocycles. The molecule has 1 unspecified atom stereocenters. The third-order valence-corrected chi connectivity index (χ3v) is 22.1. The van der Waals surface area contributed by atoms with Crippen LogP contribution in [-0.4, -0.2) is 29.9 Å². The zero-order valence-corrected chi connectivity index (χ0v) is 57.4. The summed E-state index contributed by atoms with van der Waals surface area (Å²) in [7, 11) is 0. The molecule has 2 aliphatic heterocycles. The highest BCUT2D eigenvalue weighted by molar-refractivity contribution is 6.00. The summed E-state index contributed by atoms with van der Waals surface area (Å²) in [5.41, 5.74) is 26.5. The summed E-state index contributed by atoms with van der Waals surface area (Å²) in [4.78, 5) is 32.4. The molecule has 106 heavy (non-hydrogen) atoms. The SMILES string of the molecule is C1=CC(c2nc(-c3ccccc3)nc(-c3cccc(-c4cccc5c4-c4ccccc4C54c5ccccc5Oc5ccc(-c6ccccc6-c6nc(-c7ccccc7)nc(-c7ccccc7-c7ccccc7)n6)cc54)c3)n2)=C(c2ccc3c(c2)C2(c4ccccc4O3)c3ccccc3-c3ccccc32)CC1. The second kappa shape index (κ2) is 24.4. The standard InChI is InChI=1S/C98H62N6O2/c1-4-28-61(29-5-1)68-36-10-13-41-74(68)95-101-92(63-32-8-3-9-33-63)102-96(104-95)76-43-15-12-38-70(76)66-55-57-89-85(60-66)98(82-50-23-25-53-87(82)106-89)80-48-21-18-44-77(80)90-71(45-27-51-83(90)98)64-34-26-35-67(58-64)93-99-91(62-30-6-2-7-31-62)100-94(103-93)75-42-14-11-37-69(75)65-54-56-88-84(59-65)97(81-49-22-24-52-86(81)105-88)78-46-19-16-39-72(78)73-40-17-20-47-79(73)97/h1-10,12-36,38-60H,11,37H2. The molecular weight excluding hydrogens is 1290 g/mol. The van der Waals surface area contributed by atoms with Crippen molar-refractivity contribution in [2.75, 3.05) is 0 Å². The Balaban J connectivity index is 0.704. The van der Waals surface area contributed by atoms with Crippen molar-refractivity contribution in [1.29, 1.82) is 0 Å². The summed E-state index contributed by atoms with van der Waals surface area (Å²) in [6.45, 7) is 0. The van der Waals surface area contributed by atoms with Crippen LogP contribution in [0, 0.1) is 0 Å². The van der Waals surface area contributed by atoms with Crippen LogP contribution in [0.25, 0.3) is 124 Å². The fourth-order valence-corrected chi connectivity index (χ4v) is 17.6. The van der Waals surface area contributed by atoms with Crippen LogP contribution in [0.4, 0.5) is 0 Å². The first-order valence-electron chi connectivity index (χ1n) is 36.2. The maximum atomic E-state index is 7.10. The summed E-state index contributed by atoms with van der Waals surface area (Å²) in [6.07, 6.45) is 6.14. The molecule has 16 aromatic rings. The van der Waals surface area contributed by atoms with E-state index in [4.69, 9.17) is 39.4 Å². The molecule has 496 valence electrons. The van der Waals surface area contributed by atoms with E-state index < -0.39 is 10.8 Å². The minimum Gasteiger partial charge on any atom is -0.457 e. The Bertz CT molecular complexity index is 6320. The van der Waals surface area contributed by atoms with Crippen molar-refractivity contribution >= 4 is 11.1 Å². The van der Waals surface area contributed by atoms with Gasteiger partial charge in [-0.25, -0.2) is 29.9 Å². The first-order valence-corrected chi connectivity index (χ1v) is 36.2. The highest BCUT2D eigenvalue weighted by Crippen LogP contribution is 2.65. The van der Waals surface area contributed by atoms with E-state index in [-0.39, 0.29) is 0 Å². The first kappa shape index (κ1) is 60.9. The maximum Gasteiger partial charge on any atom is 0.164 e. The second-order valence-electron chi connectivity index (χ2n) is 27.7. The predicted octanol–water partition coefficient (Wildman–Crippen LogP) is 23.6. The van der Waals surface area contributed by atoms with Gasteiger partial charge in [0.1, 0.15) is 23.0 Å². The number of rotatable bonds is 10. The van der Waals surface area contributed by atoms with Gasteiger partial charge in [-0.1, -0.05) is 309 Å². The van der Waals surface area contributed by atoms with Crippen LogP contribution in [0.5, 0.6) is 23.0 Å². The highest BCUT2D eigenvalue weighted by atomic mass is 16.5. The molecule has 8 nitrogen and oxygen atoms in total. The van der Waals surface area contributed by atoms with Crippen LogP contribution in [0.15, 0.2) is 352 Å². The Morgan fingerprint density at radius 1 is 0.226 bits per heavy atom. The molecule has 2 spiro atoms. The van der Waals surface area contributed by atoms with E-state index in [1.54, 1.807) is 0 Å². The number of nitrogens with zero attached hydrogens (tertiary/aromatic N) is 6. The minimum atomic E-state index is -0.814. The zero-order chi connectivity index (χ0) is 69.9. The summed E-state index contributed by atoms with van der Waals surface area (Å²) in [6, 6.07) is 121. The van der Waals surface area contributed by atoms with E-state index in [0.717, 1.165) is 147 Å². The average molecular weight is 1360 g/mol. The monoisotopic (exact) mass is 1350 g/mol. The summed E-state index contributed by atoms with van der Waals surface area (Å²) >= 11 is 0. The second-order valence-corrected chi connectivity index (χ2v) is 27.7. The number of benzene rings is 14. The van der Waals surface area contributed by atoms with Crippen molar-refractivity contribution in [1.82, 2.24) is 29.9 Å². The van der Waals surface area contributed by atoms with Gasteiger partial charge in [-0.3, -0.25) is 0 Å². The lowest BCUT2D eigenvalue weighted by Crippen LogP contribution is -2.32. The van der Waals surface area contributed by atoms with Gasteiger partial charge >= 0.3 is 0 Å². The molecule has 0 N–H and O–H groups in total. The van der Waals surface area contributed by atoms with Gasteiger partial charge in [-0.15, -0.1) is 0 Å². The molecule has 8 heteroatoms. The van der Waals surface area contributed by atoms with Gasteiger partial charge in [-0.05, 0) is 144 Å². The van der Waals surface area contributed by atoms with Crippen molar-refractivity contribution in [3.8, 4) is 136 Å². The highest BCUT2D eigenvalue weighted by Gasteiger charge is 2.53. The average Bonchev–Trinajstić information content (AvgIpc) is 1.50. The molecule has 21 rings (SSSR count). The molecule has 0 fully saturated rings. The van der Waals surface area contributed by atoms with E-state index >= 15 is 0 Å². The zero-order valence-electron chi connectivity index (χ0n) is 57.4. The normalized spacial score (nSPS) is 14.9. The fraction of sp³-hybridized carbons (Fsp3) is 0.0408. The Labute approximate surface area is 613 Å². The van der Waals surface area contributed by atoms with Gasteiger partial charge in [0.05, 0.1) is 10.8 Å². The molecule has 2 aromatic heterocycles. The predicted molar refractivity (Wildman–Crippen MR) is 423 cm³/mol. The van der Waals surface area contributed by atoms with E-state index in [9.17, 15) is 0 Å². The topological polar surface area (TPSA) is 95.8 Å². The maximum absolute atomic E-state index is 7.10. The number of ether oxygens (including phenoxy) is 2. The Morgan fingerprint density at radius 2 is 0.594 bits per heavy atom. The van der Waals surface area contributed by atoms with Gasteiger partial charge in [0.25, 0.3) is 0 Å². The summed E-state index contributed by atoms with van der Waals surface area (Å²) < 4.78 is 14.0. The van der Waals surface area contributed by atoms with E-state index in [2.05, 4.69) is 309 Å². The fourth-order valence-electron chi connectivity index (χ4n) is 17.6. The molecule has 0 saturated heterocycles. The van der Waals surface area contributed by atoms with Crippen LogP contribution in [0.2, 0.25) is 0 Å². The van der Waals surface area contributed by atoms with E-state index in [1.165, 1.54) is 33.4 Å². The molecule has 5 aliphatic rings. The van der Waals surface area contributed by atoms with Crippen molar-refractivity contribution < 1.29 is 9.47 Å². The van der Waals surface area contributed by atoms with Gasteiger partial charge in [0.15, 0.2) is 34.9 Å². The number of hydrogen-bond donors (Lipinski definition) is 0. The molecule has 14 aromatic carbocycles. The Morgan fingerprint density at radius 3 is 1.19 bits per heavy atom. The van der Waals surface area contributed by atoms with Gasteiger partial charge < -0.3 is 9.47 Å². The largest absolute Gasteiger partial charge is 0.457 e. The van der Waals surface area contributed by atoms with Crippen LogP contribution >= 0.6 is 0 Å². The molecule has 0 radical (unpaired) electrons. The lowest BCUT2D eigenvalue weighted by atomic mass is 9.65. The molecule has 0 bridgehead atoms. The van der Waals surface area contributed by atoms with E-state index in [0.29, 0.717) is 34.9 Å². The quantitative estimate of drug-likeness (QED) is 0.134. The van der Waals surface area contributed by atoms with Gasteiger partial charge in [0.2, 0.25) is 0 Å². The van der Waals surface area contributed by atoms with Crippen molar-refractivity contribution in [3.05, 3.63) is 408 Å². The number of allylic oxidation sites excluding steroid dienone is 4. The van der Waals surface area contributed by atoms with Crippen LogP contribution in [0.1, 0.15) is 68.7 Å². The first-order chi connectivity index (χ1) is 52.5. The lowest BCUT2D eigenvalue weighted by molar-refractivity contribution is 0.436. The lowest BCUT2D eigenvalue weighted by Gasteiger charge is -2.39.